The zero-order chi connectivity index (χ0) is 15.1. The number of aliphatic imine (C=N–C) groups is 1. The number of hydrogen-bond acceptors (Lipinski definition) is 2. The first-order chi connectivity index (χ1) is 10.3. The molecule has 21 heavy (non-hydrogen) atoms. The van der Waals surface area contributed by atoms with E-state index in [9.17, 15) is 0 Å². The highest BCUT2D eigenvalue weighted by atomic mass is 15.3. The first-order valence-electron chi connectivity index (χ1n) is 8.04. The monoisotopic (exact) mass is 288 g/mol. The zero-order valence-electron chi connectivity index (χ0n) is 13.5. The van der Waals surface area contributed by atoms with E-state index in [-0.39, 0.29) is 0 Å². The Balaban J connectivity index is 1.96. The fourth-order valence-corrected chi connectivity index (χ4v) is 3.12. The van der Waals surface area contributed by atoms with E-state index in [1.165, 1.54) is 5.56 Å². The van der Waals surface area contributed by atoms with E-state index in [0.29, 0.717) is 6.04 Å². The van der Waals surface area contributed by atoms with Crippen LogP contribution in [0.15, 0.2) is 35.3 Å². The number of piperazine rings is 1. The molecular weight excluding hydrogens is 260 g/mol. The van der Waals surface area contributed by atoms with Gasteiger partial charge in [0.15, 0.2) is 5.96 Å². The third-order valence-electron chi connectivity index (χ3n) is 4.17. The highest BCUT2D eigenvalue weighted by molar-refractivity contribution is 5.79. The lowest BCUT2D eigenvalue weighted by Crippen LogP contribution is -2.53. The Hall–Kier alpha value is -1.55. The van der Waals surface area contributed by atoms with Crippen molar-refractivity contribution in [2.75, 3.05) is 39.8 Å². The molecule has 1 fully saturated rings. The molecule has 0 spiro atoms. The van der Waals surface area contributed by atoms with Gasteiger partial charge in [-0.2, -0.15) is 0 Å². The van der Waals surface area contributed by atoms with Crippen molar-refractivity contribution in [3.05, 3.63) is 35.9 Å². The number of hydrogen-bond donors (Lipinski definition) is 1. The number of benzene rings is 1. The summed E-state index contributed by atoms with van der Waals surface area (Å²) in [6, 6.07) is 11.4. The second-order valence-corrected chi connectivity index (χ2v) is 5.44. The molecule has 0 bridgehead atoms. The third kappa shape index (κ3) is 3.97. The molecule has 4 heteroatoms. The average molecular weight is 288 g/mol. The van der Waals surface area contributed by atoms with Crippen LogP contribution in [0.2, 0.25) is 0 Å². The summed E-state index contributed by atoms with van der Waals surface area (Å²) in [5, 5.41) is 3.35. The lowest BCUT2D eigenvalue weighted by atomic mass is 10.0. The molecule has 1 saturated heterocycles. The standard InChI is InChI=1S/C17H28N4/c1-4-16(15-9-7-6-8-10-15)20-11-13-21(14-12-20)17(18-3)19-5-2/h6-10,16H,4-5,11-14H2,1-3H3,(H,18,19). The van der Waals surface area contributed by atoms with Crippen molar-refractivity contribution < 1.29 is 0 Å². The summed E-state index contributed by atoms with van der Waals surface area (Å²) < 4.78 is 0. The van der Waals surface area contributed by atoms with Crippen LogP contribution in [0.1, 0.15) is 31.9 Å². The first kappa shape index (κ1) is 15.8. The molecule has 1 unspecified atom stereocenters. The molecule has 1 aromatic carbocycles. The van der Waals surface area contributed by atoms with Gasteiger partial charge in [-0.05, 0) is 18.9 Å². The maximum atomic E-state index is 4.36. The van der Waals surface area contributed by atoms with Gasteiger partial charge in [0, 0.05) is 45.8 Å². The Morgan fingerprint density at radius 3 is 2.33 bits per heavy atom. The largest absolute Gasteiger partial charge is 0.357 e. The van der Waals surface area contributed by atoms with Gasteiger partial charge < -0.3 is 10.2 Å². The van der Waals surface area contributed by atoms with Gasteiger partial charge in [0.25, 0.3) is 0 Å². The molecule has 1 heterocycles. The van der Waals surface area contributed by atoms with E-state index in [1.807, 2.05) is 7.05 Å². The van der Waals surface area contributed by atoms with Crippen molar-refractivity contribution >= 4 is 5.96 Å². The van der Waals surface area contributed by atoms with Crippen LogP contribution in [-0.4, -0.2) is 55.5 Å². The molecular formula is C17H28N4. The van der Waals surface area contributed by atoms with Crippen LogP contribution in [0, 0.1) is 0 Å². The van der Waals surface area contributed by atoms with Gasteiger partial charge >= 0.3 is 0 Å². The summed E-state index contributed by atoms with van der Waals surface area (Å²) in [6.45, 7) is 9.60. The van der Waals surface area contributed by atoms with E-state index in [0.717, 1.165) is 45.1 Å². The Morgan fingerprint density at radius 1 is 1.14 bits per heavy atom. The van der Waals surface area contributed by atoms with Gasteiger partial charge in [-0.25, -0.2) is 0 Å². The van der Waals surface area contributed by atoms with Gasteiger partial charge in [-0.15, -0.1) is 0 Å². The molecule has 116 valence electrons. The Bertz CT molecular complexity index is 435. The van der Waals surface area contributed by atoms with Crippen LogP contribution < -0.4 is 5.32 Å². The average Bonchev–Trinajstić information content (AvgIpc) is 2.55. The summed E-state index contributed by atoms with van der Waals surface area (Å²) in [5.41, 5.74) is 1.43. The fourth-order valence-electron chi connectivity index (χ4n) is 3.12. The van der Waals surface area contributed by atoms with Crippen molar-refractivity contribution in [3.63, 3.8) is 0 Å². The molecule has 1 aliphatic heterocycles. The van der Waals surface area contributed by atoms with E-state index >= 15 is 0 Å². The van der Waals surface area contributed by atoms with Crippen molar-refractivity contribution in [2.24, 2.45) is 4.99 Å². The van der Waals surface area contributed by atoms with Gasteiger partial charge in [0.1, 0.15) is 0 Å². The maximum Gasteiger partial charge on any atom is 0.193 e. The zero-order valence-corrected chi connectivity index (χ0v) is 13.5. The summed E-state index contributed by atoms with van der Waals surface area (Å²) >= 11 is 0. The van der Waals surface area contributed by atoms with Gasteiger partial charge in [0.05, 0.1) is 0 Å². The predicted molar refractivity (Wildman–Crippen MR) is 89.7 cm³/mol. The molecule has 2 rings (SSSR count). The lowest BCUT2D eigenvalue weighted by Gasteiger charge is -2.40. The van der Waals surface area contributed by atoms with Crippen LogP contribution in [0.25, 0.3) is 0 Å². The fraction of sp³-hybridized carbons (Fsp3) is 0.588. The van der Waals surface area contributed by atoms with E-state index in [4.69, 9.17) is 0 Å². The topological polar surface area (TPSA) is 30.9 Å². The molecule has 0 saturated carbocycles. The van der Waals surface area contributed by atoms with Crippen LogP contribution >= 0.6 is 0 Å². The highest BCUT2D eigenvalue weighted by Crippen LogP contribution is 2.25. The minimum atomic E-state index is 0.537. The molecule has 0 radical (unpaired) electrons. The number of rotatable bonds is 4. The Morgan fingerprint density at radius 2 is 1.81 bits per heavy atom. The summed E-state index contributed by atoms with van der Waals surface area (Å²) in [5.74, 6) is 1.03. The third-order valence-corrected chi connectivity index (χ3v) is 4.17. The molecule has 0 aromatic heterocycles. The number of nitrogens with one attached hydrogen (secondary N) is 1. The summed E-state index contributed by atoms with van der Waals surface area (Å²) in [4.78, 5) is 9.32. The Labute approximate surface area is 128 Å². The van der Waals surface area contributed by atoms with Crippen molar-refractivity contribution in [3.8, 4) is 0 Å². The molecule has 1 aromatic rings. The van der Waals surface area contributed by atoms with Gasteiger partial charge in [-0.1, -0.05) is 37.3 Å². The Kier molecular flexibility index (Phi) is 6.05. The van der Waals surface area contributed by atoms with Crippen LogP contribution in [0.3, 0.4) is 0 Å². The molecule has 0 aliphatic carbocycles. The van der Waals surface area contributed by atoms with Gasteiger partial charge in [0.2, 0.25) is 0 Å². The van der Waals surface area contributed by atoms with Crippen LogP contribution in [0.5, 0.6) is 0 Å². The first-order valence-corrected chi connectivity index (χ1v) is 8.04. The highest BCUT2D eigenvalue weighted by Gasteiger charge is 2.24. The van der Waals surface area contributed by atoms with Crippen LogP contribution in [0.4, 0.5) is 0 Å². The smallest absolute Gasteiger partial charge is 0.193 e. The minimum absolute atomic E-state index is 0.537. The van der Waals surface area contributed by atoms with E-state index in [1.54, 1.807) is 0 Å². The molecule has 1 N–H and O–H groups in total. The van der Waals surface area contributed by atoms with Crippen molar-refractivity contribution in [1.82, 2.24) is 15.1 Å². The van der Waals surface area contributed by atoms with Crippen LogP contribution in [-0.2, 0) is 0 Å². The maximum absolute atomic E-state index is 4.36. The summed E-state index contributed by atoms with van der Waals surface area (Å²) in [6.07, 6.45) is 1.16. The summed E-state index contributed by atoms with van der Waals surface area (Å²) in [7, 11) is 1.86. The van der Waals surface area contributed by atoms with E-state index in [2.05, 4.69) is 64.3 Å². The SMILES string of the molecule is CCNC(=NC)N1CCN(C(CC)c2ccccc2)CC1. The molecule has 4 nitrogen and oxygen atoms in total. The van der Waals surface area contributed by atoms with Gasteiger partial charge in [-0.3, -0.25) is 9.89 Å². The number of guanidine groups is 1. The molecule has 1 atom stereocenters. The normalized spacial score (nSPS) is 18.6. The second-order valence-electron chi connectivity index (χ2n) is 5.44. The second kappa shape index (κ2) is 8.03. The lowest BCUT2D eigenvalue weighted by molar-refractivity contribution is 0.127. The minimum Gasteiger partial charge on any atom is -0.357 e. The van der Waals surface area contributed by atoms with Crippen molar-refractivity contribution in [2.45, 2.75) is 26.3 Å². The molecule has 0 amide bonds. The predicted octanol–water partition coefficient (Wildman–Crippen LogP) is 2.35. The molecule has 1 aliphatic rings. The van der Waals surface area contributed by atoms with E-state index < -0.39 is 0 Å². The number of nitrogens with zero attached hydrogens (tertiary/aromatic N) is 3. The quantitative estimate of drug-likeness (QED) is 0.681. The van der Waals surface area contributed by atoms with Crippen molar-refractivity contribution in [1.29, 1.82) is 0 Å².